The van der Waals surface area contributed by atoms with Crippen molar-refractivity contribution in [2.45, 2.75) is 6.54 Å². The molecule has 2 aromatic rings. The summed E-state index contributed by atoms with van der Waals surface area (Å²) in [6, 6.07) is 12.3. The van der Waals surface area contributed by atoms with E-state index in [9.17, 15) is 4.39 Å². The molecule has 0 amide bonds. The minimum absolute atomic E-state index is 0.204. The Morgan fingerprint density at radius 1 is 1.06 bits per heavy atom. The van der Waals surface area contributed by atoms with E-state index in [1.165, 1.54) is 6.07 Å². The van der Waals surface area contributed by atoms with Crippen molar-refractivity contribution in [2.75, 3.05) is 17.7 Å². The maximum absolute atomic E-state index is 13.4. The fraction of sp³-hybridized carbons (Fsp3) is 0.154. The summed E-state index contributed by atoms with van der Waals surface area (Å²) in [7, 11) is 1.81. The first-order valence-electron chi connectivity index (χ1n) is 5.41. The number of pyridine rings is 1. The lowest BCUT2D eigenvalue weighted by atomic mass is 10.2. The summed E-state index contributed by atoms with van der Waals surface area (Å²) in [6.07, 6.45) is 0. The summed E-state index contributed by atoms with van der Waals surface area (Å²) in [5, 5.41) is 6.04. The highest BCUT2D eigenvalue weighted by atomic mass is 19.1. The average Bonchev–Trinajstić information content (AvgIpc) is 2.38. The van der Waals surface area contributed by atoms with Crippen LogP contribution >= 0.6 is 0 Å². The predicted octanol–water partition coefficient (Wildman–Crippen LogP) is 2.87. The van der Waals surface area contributed by atoms with Gasteiger partial charge in [0.2, 0.25) is 0 Å². The second-order valence-corrected chi connectivity index (χ2v) is 3.60. The predicted molar refractivity (Wildman–Crippen MR) is 67.5 cm³/mol. The van der Waals surface area contributed by atoms with Crippen LogP contribution < -0.4 is 10.6 Å². The molecule has 88 valence electrons. The molecule has 0 spiro atoms. The number of benzene rings is 1. The molecule has 0 aliphatic carbocycles. The molecule has 17 heavy (non-hydrogen) atoms. The Morgan fingerprint density at radius 2 is 1.82 bits per heavy atom. The van der Waals surface area contributed by atoms with Crippen LogP contribution in [0.15, 0.2) is 42.5 Å². The van der Waals surface area contributed by atoms with Crippen LogP contribution in [0.4, 0.5) is 16.0 Å². The quantitative estimate of drug-likeness (QED) is 0.849. The molecule has 0 unspecified atom stereocenters. The zero-order valence-corrected chi connectivity index (χ0v) is 9.57. The van der Waals surface area contributed by atoms with Crippen molar-refractivity contribution in [3.8, 4) is 0 Å². The van der Waals surface area contributed by atoms with E-state index in [1.54, 1.807) is 12.1 Å². The lowest BCUT2D eigenvalue weighted by Gasteiger charge is -2.07. The molecule has 0 aliphatic rings. The van der Waals surface area contributed by atoms with E-state index >= 15 is 0 Å². The SMILES string of the molecule is CNc1cccc(NCc2ccccc2F)n1. The first-order chi connectivity index (χ1) is 8.29. The highest BCUT2D eigenvalue weighted by Crippen LogP contribution is 2.11. The number of halogens is 1. The van der Waals surface area contributed by atoms with Gasteiger partial charge in [0.05, 0.1) is 0 Å². The van der Waals surface area contributed by atoms with E-state index < -0.39 is 0 Å². The van der Waals surface area contributed by atoms with Crippen LogP contribution in [0.25, 0.3) is 0 Å². The number of hydrogen-bond donors (Lipinski definition) is 2. The molecule has 4 heteroatoms. The Hall–Kier alpha value is -2.10. The Balaban J connectivity index is 2.05. The number of rotatable bonds is 4. The smallest absolute Gasteiger partial charge is 0.128 e. The molecule has 0 saturated heterocycles. The second-order valence-electron chi connectivity index (χ2n) is 3.60. The summed E-state index contributed by atoms with van der Waals surface area (Å²) in [4.78, 5) is 4.29. The van der Waals surface area contributed by atoms with Gasteiger partial charge in [-0.2, -0.15) is 0 Å². The molecule has 2 N–H and O–H groups in total. The van der Waals surface area contributed by atoms with Gasteiger partial charge in [0.1, 0.15) is 17.5 Å². The molecule has 0 saturated carbocycles. The fourth-order valence-corrected chi connectivity index (χ4v) is 1.50. The van der Waals surface area contributed by atoms with Crippen LogP contribution in [0.5, 0.6) is 0 Å². The van der Waals surface area contributed by atoms with E-state index in [1.807, 2.05) is 31.3 Å². The molecule has 1 heterocycles. The molecule has 0 radical (unpaired) electrons. The summed E-state index contributed by atoms with van der Waals surface area (Å²) in [6.45, 7) is 0.423. The lowest BCUT2D eigenvalue weighted by Crippen LogP contribution is -2.04. The average molecular weight is 231 g/mol. The number of nitrogens with one attached hydrogen (secondary N) is 2. The number of aromatic nitrogens is 1. The van der Waals surface area contributed by atoms with Gasteiger partial charge in [-0.25, -0.2) is 9.37 Å². The normalized spacial score (nSPS) is 10.0. The molecular weight excluding hydrogens is 217 g/mol. The molecule has 0 atom stereocenters. The third kappa shape index (κ3) is 2.93. The van der Waals surface area contributed by atoms with E-state index in [4.69, 9.17) is 0 Å². The number of nitrogens with zero attached hydrogens (tertiary/aromatic N) is 1. The largest absolute Gasteiger partial charge is 0.373 e. The zero-order chi connectivity index (χ0) is 12.1. The van der Waals surface area contributed by atoms with E-state index in [2.05, 4.69) is 15.6 Å². The van der Waals surface area contributed by atoms with Crippen molar-refractivity contribution in [3.63, 3.8) is 0 Å². The third-order valence-electron chi connectivity index (χ3n) is 2.42. The maximum Gasteiger partial charge on any atom is 0.128 e. The first-order valence-corrected chi connectivity index (χ1v) is 5.41. The molecule has 3 nitrogen and oxygen atoms in total. The lowest BCUT2D eigenvalue weighted by molar-refractivity contribution is 0.613. The van der Waals surface area contributed by atoms with Gasteiger partial charge in [0.15, 0.2) is 0 Å². The topological polar surface area (TPSA) is 37.0 Å². The van der Waals surface area contributed by atoms with Crippen LogP contribution in [-0.4, -0.2) is 12.0 Å². The van der Waals surface area contributed by atoms with Gasteiger partial charge in [-0.1, -0.05) is 24.3 Å². The summed E-state index contributed by atoms with van der Waals surface area (Å²) in [5.41, 5.74) is 0.629. The second kappa shape index (κ2) is 5.30. The van der Waals surface area contributed by atoms with Gasteiger partial charge < -0.3 is 10.6 Å². The fourth-order valence-electron chi connectivity index (χ4n) is 1.50. The molecule has 0 bridgehead atoms. The van der Waals surface area contributed by atoms with Gasteiger partial charge in [-0.05, 0) is 18.2 Å². The standard InChI is InChI=1S/C13H14FN3/c1-15-12-7-4-8-13(17-12)16-9-10-5-2-3-6-11(10)14/h2-8H,9H2,1H3,(H2,15,16,17). The molecule has 1 aromatic carbocycles. The van der Waals surface area contributed by atoms with Gasteiger partial charge in [-0.15, -0.1) is 0 Å². The van der Waals surface area contributed by atoms with Gasteiger partial charge in [0, 0.05) is 19.2 Å². The molecule has 0 aliphatic heterocycles. The maximum atomic E-state index is 13.4. The molecular formula is C13H14FN3. The van der Waals surface area contributed by atoms with Crippen molar-refractivity contribution < 1.29 is 4.39 Å². The highest BCUT2D eigenvalue weighted by Gasteiger charge is 2.01. The van der Waals surface area contributed by atoms with Crippen molar-refractivity contribution >= 4 is 11.6 Å². The Labute approximate surface area is 99.7 Å². The van der Waals surface area contributed by atoms with Crippen molar-refractivity contribution in [3.05, 3.63) is 53.8 Å². The van der Waals surface area contributed by atoms with E-state index in [0.29, 0.717) is 12.1 Å². The van der Waals surface area contributed by atoms with Crippen molar-refractivity contribution in [1.29, 1.82) is 0 Å². The highest BCUT2D eigenvalue weighted by molar-refractivity contribution is 5.45. The Morgan fingerprint density at radius 3 is 2.59 bits per heavy atom. The number of anilines is 2. The van der Waals surface area contributed by atoms with Crippen molar-refractivity contribution in [2.24, 2.45) is 0 Å². The summed E-state index contributed by atoms with van der Waals surface area (Å²) in [5.74, 6) is 1.30. The van der Waals surface area contributed by atoms with Gasteiger partial charge >= 0.3 is 0 Å². The molecule has 0 fully saturated rings. The summed E-state index contributed by atoms with van der Waals surface area (Å²) < 4.78 is 13.4. The van der Waals surface area contributed by atoms with Gasteiger partial charge in [0.25, 0.3) is 0 Å². The van der Waals surface area contributed by atoms with Crippen LogP contribution in [-0.2, 0) is 6.54 Å². The van der Waals surface area contributed by atoms with Gasteiger partial charge in [-0.3, -0.25) is 0 Å². The monoisotopic (exact) mass is 231 g/mol. The zero-order valence-electron chi connectivity index (χ0n) is 9.57. The van der Waals surface area contributed by atoms with Crippen LogP contribution in [0.3, 0.4) is 0 Å². The minimum Gasteiger partial charge on any atom is -0.373 e. The Kier molecular flexibility index (Phi) is 3.55. The minimum atomic E-state index is -0.204. The van der Waals surface area contributed by atoms with Crippen LogP contribution in [0.2, 0.25) is 0 Å². The summed E-state index contributed by atoms with van der Waals surface area (Å²) >= 11 is 0. The van der Waals surface area contributed by atoms with Crippen LogP contribution in [0, 0.1) is 5.82 Å². The van der Waals surface area contributed by atoms with E-state index in [-0.39, 0.29) is 5.82 Å². The van der Waals surface area contributed by atoms with Crippen LogP contribution in [0.1, 0.15) is 5.56 Å². The van der Waals surface area contributed by atoms with E-state index in [0.717, 1.165) is 11.6 Å². The molecule has 1 aromatic heterocycles. The third-order valence-corrected chi connectivity index (χ3v) is 2.42. The number of hydrogen-bond acceptors (Lipinski definition) is 3. The first kappa shape index (κ1) is 11.4. The van der Waals surface area contributed by atoms with Crippen molar-refractivity contribution in [1.82, 2.24) is 4.98 Å². The Bertz CT molecular complexity index is 500. The molecule has 2 rings (SSSR count).